The maximum absolute atomic E-state index is 12.8. The van der Waals surface area contributed by atoms with Gasteiger partial charge in [0, 0.05) is 41.3 Å². The topological polar surface area (TPSA) is 91.2 Å². The summed E-state index contributed by atoms with van der Waals surface area (Å²) in [7, 11) is 0. The van der Waals surface area contributed by atoms with Crippen LogP contribution in [0.25, 0.3) is 10.9 Å². The highest BCUT2D eigenvalue weighted by Gasteiger charge is 2.23. The molecular weight excluding hydrogens is 340 g/mol. The van der Waals surface area contributed by atoms with Crippen molar-refractivity contribution in [3.63, 3.8) is 0 Å². The number of nitrogens with one attached hydrogen (secondary N) is 2. The summed E-state index contributed by atoms with van der Waals surface area (Å²) in [6.45, 7) is 4.17. The van der Waals surface area contributed by atoms with Gasteiger partial charge in [0.25, 0.3) is 5.91 Å². The standard InChI is InChI=1S/C21H28N4O2/c1-13-2-4-18-16(10-13)17-11-14(3-5-19(17)24-18)21(27)23-15-6-8-25(9-7-15)12-20(22)26/h3,5,11,13,15,24H,2,4,6-10,12H2,1H3,(H2,22,26)(H,23,27). The quantitative estimate of drug-likeness (QED) is 0.770. The van der Waals surface area contributed by atoms with Gasteiger partial charge in [-0.15, -0.1) is 0 Å². The second-order valence-electron chi connectivity index (χ2n) is 8.18. The molecule has 27 heavy (non-hydrogen) atoms. The molecule has 1 fully saturated rings. The number of H-pyrrole nitrogens is 1. The zero-order chi connectivity index (χ0) is 19.0. The first-order valence-electron chi connectivity index (χ1n) is 9.94. The van der Waals surface area contributed by atoms with Crippen LogP contribution in [-0.2, 0) is 17.6 Å². The lowest BCUT2D eigenvalue weighted by Gasteiger charge is -2.31. The minimum absolute atomic E-state index is 0.0101. The number of nitrogens with zero attached hydrogens (tertiary/aromatic N) is 1. The van der Waals surface area contributed by atoms with E-state index in [-0.39, 0.29) is 17.9 Å². The molecule has 1 aliphatic carbocycles. The van der Waals surface area contributed by atoms with E-state index >= 15 is 0 Å². The number of nitrogens with two attached hydrogens (primary N) is 1. The second-order valence-corrected chi connectivity index (χ2v) is 8.18. The number of benzene rings is 1. The first-order chi connectivity index (χ1) is 13.0. The lowest BCUT2D eigenvalue weighted by Crippen LogP contribution is -2.46. The van der Waals surface area contributed by atoms with Gasteiger partial charge in [0.1, 0.15) is 0 Å². The monoisotopic (exact) mass is 368 g/mol. The molecule has 2 heterocycles. The van der Waals surface area contributed by atoms with E-state index in [1.54, 1.807) is 0 Å². The highest BCUT2D eigenvalue weighted by Crippen LogP contribution is 2.32. The fourth-order valence-corrected chi connectivity index (χ4v) is 4.46. The average Bonchev–Trinajstić information content (AvgIpc) is 3.00. The number of hydrogen-bond donors (Lipinski definition) is 3. The zero-order valence-corrected chi connectivity index (χ0v) is 15.9. The molecule has 1 aliphatic heterocycles. The van der Waals surface area contributed by atoms with Gasteiger partial charge in [-0.1, -0.05) is 6.92 Å². The van der Waals surface area contributed by atoms with Crippen LogP contribution in [0.5, 0.6) is 0 Å². The van der Waals surface area contributed by atoms with E-state index in [0.717, 1.165) is 49.9 Å². The molecule has 4 rings (SSSR count). The summed E-state index contributed by atoms with van der Waals surface area (Å²) in [6.07, 6.45) is 5.09. The number of aromatic nitrogens is 1. The highest BCUT2D eigenvalue weighted by atomic mass is 16.2. The molecule has 2 aromatic rings. The van der Waals surface area contributed by atoms with Crippen molar-refractivity contribution in [1.29, 1.82) is 0 Å². The van der Waals surface area contributed by atoms with Crippen LogP contribution in [0, 0.1) is 5.92 Å². The molecule has 1 aromatic carbocycles. The smallest absolute Gasteiger partial charge is 0.251 e. The van der Waals surface area contributed by atoms with Crippen LogP contribution < -0.4 is 11.1 Å². The summed E-state index contributed by atoms with van der Waals surface area (Å²) in [6, 6.07) is 6.13. The van der Waals surface area contributed by atoms with E-state index in [1.165, 1.54) is 23.1 Å². The number of primary amides is 1. The van der Waals surface area contributed by atoms with Crippen molar-refractivity contribution in [2.45, 2.75) is 45.1 Å². The van der Waals surface area contributed by atoms with Crippen molar-refractivity contribution in [3.8, 4) is 0 Å². The van der Waals surface area contributed by atoms with Gasteiger partial charge in [0.2, 0.25) is 5.91 Å². The van der Waals surface area contributed by atoms with Crippen LogP contribution in [0.2, 0.25) is 0 Å². The van der Waals surface area contributed by atoms with Gasteiger partial charge in [0.15, 0.2) is 0 Å². The van der Waals surface area contributed by atoms with E-state index < -0.39 is 0 Å². The highest BCUT2D eigenvalue weighted by molar-refractivity contribution is 5.99. The van der Waals surface area contributed by atoms with Crippen molar-refractivity contribution >= 4 is 22.7 Å². The van der Waals surface area contributed by atoms with Crippen molar-refractivity contribution in [2.75, 3.05) is 19.6 Å². The molecule has 2 amide bonds. The van der Waals surface area contributed by atoms with Crippen LogP contribution in [0.15, 0.2) is 18.2 Å². The van der Waals surface area contributed by atoms with Gasteiger partial charge in [-0.25, -0.2) is 0 Å². The van der Waals surface area contributed by atoms with E-state index in [9.17, 15) is 9.59 Å². The fourth-order valence-electron chi connectivity index (χ4n) is 4.46. The Bertz CT molecular complexity index is 864. The van der Waals surface area contributed by atoms with Crippen LogP contribution in [0.3, 0.4) is 0 Å². The van der Waals surface area contributed by atoms with Gasteiger partial charge in [-0.05, 0) is 61.8 Å². The Kier molecular flexibility index (Phi) is 4.91. The third-order valence-corrected chi connectivity index (χ3v) is 6.00. The molecule has 0 saturated carbocycles. The van der Waals surface area contributed by atoms with Crippen molar-refractivity contribution in [1.82, 2.24) is 15.2 Å². The Morgan fingerprint density at radius 2 is 2.04 bits per heavy atom. The summed E-state index contributed by atoms with van der Waals surface area (Å²) in [5.74, 6) is 0.388. The largest absolute Gasteiger partial charge is 0.369 e. The third kappa shape index (κ3) is 3.86. The summed E-state index contributed by atoms with van der Waals surface area (Å²) >= 11 is 0. The molecule has 0 radical (unpaired) electrons. The van der Waals surface area contributed by atoms with Crippen LogP contribution in [0.4, 0.5) is 0 Å². The number of aryl methyl sites for hydroxylation is 1. The van der Waals surface area contributed by atoms with E-state index in [1.807, 2.05) is 23.1 Å². The number of rotatable bonds is 4. The van der Waals surface area contributed by atoms with Crippen molar-refractivity contribution in [3.05, 3.63) is 35.0 Å². The van der Waals surface area contributed by atoms with Gasteiger partial charge in [-0.3, -0.25) is 14.5 Å². The first kappa shape index (κ1) is 18.0. The van der Waals surface area contributed by atoms with Crippen LogP contribution >= 0.6 is 0 Å². The summed E-state index contributed by atoms with van der Waals surface area (Å²) in [5.41, 5.74) is 9.83. The lowest BCUT2D eigenvalue weighted by molar-refractivity contribution is -0.119. The normalized spacial score (nSPS) is 21.1. The van der Waals surface area contributed by atoms with Crippen LogP contribution in [0.1, 0.15) is 47.8 Å². The summed E-state index contributed by atoms with van der Waals surface area (Å²) < 4.78 is 0. The Morgan fingerprint density at radius 1 is 1.26 bits per heavy atom. The van der Waals surface area contributed by atoms with Crippen molar-refractivity contribution < 1.29 is 9.59 Å². The minimum Gasteiger partial charge on any atom is -0.369 e. The zero-order valence-electron chi connectivity index (χ0n) is 15.9. The molecule has 0 spiro atoms. The van der Waals surface area contributed by atoms with Gasteiger partial charge in [0.05, 0.1) is 6.54 Å². The number of amides is 2. The van der Waals surface area contributed by atoms with Crippen molar-refractivity contribution in [2.24, 2.45) is 11.7 Å². The van der Waals surface area contributed by atoms with Crippen LogP contribution in [-0.4, -0.2) is 47.4 Å². The molecular formula is C21H28N4O2. The maximum Gasteiger partial charge on any atom is 0.251 e. The number of fused-ring (bicyclic) bond motifs is 3. The first-order valence-corrected chi connectivity index (χ1v) is 9.94. The van der Waals surface area contributed by atoms with Gasteiger partial charge < -0.3 is 16.0 Å². The average molecular weight is 368 g/mol. The molecule has 4 N–H and O–H groups in total. The lowest BCUT2D eigenvalue weighted by atomic mass is 9.87. The Hall–Kier alpha value is -2.34. The number of hydrogen-bond acceptors (Lipinski definition) is 3. The fraction of sp³-hybridized carbons (Fsp3) is 0.524. The number of likely N-dealkylation sites (tertiary alicyclic amines) is 1. The summed E-state index contributed by atoms with van der Waals surface area (Å²) in [5, 5.41) is 4.36. The number of piperidine rings is 1. The predicted octanol–water partition coefficient (Wildman–Crippen LogP) is 1.97. The Labute approximate surface area is 159 Å². The molecule has 2 aliphatic rings. The van der Waals surface area contributed by atoms with E-state index in [4.69, 9.17) is 5.73 Å². The number of carbonyl (C=O) groups excluding carboxylic acids is 2. The van der Waals surface area contributed by atoms with Gasteiger partial charge in [-0.2, -0.15) is 0 Å². The summed E-state index contributed by atoms with van der Waals surface area (Å²) in [4.78, 5) is 29.4. The second kappa shape index (κ2) is 7.35. The molecule has 1 aromatic heterocycles. The molecule has 6 heteroatoms. The number of carbonyl (C=O) groups is 2. The molecule has 1 unspecified atom stereocenters. The molecule has 1 atom stereocenters. The maximum atomic E-state index is 12.8. The molecule has 144 valence electrons. The van der Waals surface area contributed by atoms with E-state index in [0.29, 0.717) is 12.5 Å². The number of aromatic amines is 1. The Morgan fingerprint density at radius 3 is 2.78 bits per heavy atom. The van der Waals surface area contributed by atoms with E-state index in [2.05, 4.69) is 17.2 Å². The molecule has 0 bridgehead atoms. The molecule has 1 saturated heterocycles. The van der Waals surface area contributed by atoms with Gasteiger partial charge >= 0.3 is 0 Å². The predicted molar refractivity (Wildman–Crippen MR) is 106 cm³/mol. The third-order valence-electron chi connectivity index (χ3n) is 6.00. The molecule has 6 nitrogen and oxygen atoms in total. The SMILES string of the molecule is CC1CCc2[nH]c3ccc(C(=O)NC4CCN(CC(N)=O)CC4)cc3c2C1. The minimum atomic E-state index is -0.296. The Balaban J connectivity index is 1.44.